The second kappa shape index (κ2) is 8.62. The number of halogens is 4. The van der Waals surface area contributed by atoms with E-state index in [1.54, 1.807) is 30.9 Å². The van der Waals surface area contributed by atoms with Crippen LogP contribution in [0.3, 0.4) is 0 Å². The number of nitrogens with zero attached hydrogens (tertiary/aromatic N) is 2. The number of para-hydroxylation sites is 1. The lowest BCUT2D eigenvalue weighted by molar-refractivity contribution is -0.137. The number of benzene rings is 2. The number of nitrogens with one attached hydrogen (secondary N) is 1. The van der Waals surface area contributed by atoms with E-state index < -0.39 is 22.8 Å². The van der Waals surface area contributed by atoms with Crippen molar-refractivity contribution in [2.24, 2.45) is 0 Å². The molecule has 33 heavy (non-hydrogen) atoms. The minimum absolute atomic E-state index is 0.0168. The summed E-state index contributed by atoms with van der Waals surface area (Å²) in [6.07, 6.45) is -4.64. The Morgan fingerprint density at radius 3 is 2.36 bits per heavy atom. The second-order valence-corrected chi connectivity index (χ2v) is 8.49. The molecule has 1 saturated heterocycles. The average Bonchev–Trinajstić information content (AvgIpc) is 3.17. The molecule has 0 aliphatic carbocycles. The summed E-state index contributed by atoms with van der Waals surface area (Å²) in [7, 11) is 0. The molecule has 1 aromatic heterocycles. The lowest BCUT2D eigenvalue weighted by Crippen LogP contribution is -2.60. The first-order chi connectivity index (χ1) is 15.5. The van der Waals surface area contributed by atoms with Crippen LogP contribution in [-0.2, 0) is 6.18 Å². The molecule has 2 heterocycles. The molecule has 2 unspecified atom stereocenters. The SMILES string of the molecule is CC1CN(C(=O)c2cc3ccccc3o2)CC(C)N1C(=O)Nc1ccc(Cl)c(C(F)(F)F)c1. The molecule has 1 aliphatic heterocycles. The lowest BCUT2D eigenvalue weighted by Gasteiger charge is -2.44. The number of urea groups is 1. The van der Waals surface area contributed by atoms with Crippen LogP contribution in [0.4, 0.5) is 23.7 Å². The van der Waals surface area contributed by atoms with Crippen molar-refractivity contribution >= 4 is 40.2 Å². The van der Waals surface area contributed by atoms with Crippen LogP contribution in [0.2, 0.25) is 5.02 Å². The molecule has 4 rings (SSSR count). The number of piperazine rings is 1. The van der Waals surface area contributed by atoms with Crippen molar-refractivity contribution in [1.82, 2.24) is 9.80 Å². The van der Waals surface area contributed by atoms with Gasteiger partial charge in [-0.1, -0.05) is 29.8 Å². The third kappa shape index (κ3) is 4.64. The molecule has 3 aromatic rings. The van der Waals surface area contributed by atoms with E-state index in [1.165, 1.54) is 11.0 Å². The maximum absolute atomic E-state index is 13.1. The molecule has 174 valence electrons. The minimum atomic E-state index is -4.64. The number of amides is 3. The van der Waals surface area contributed by atoms with Crippen LogP contribution >= 0.6 is 11.6 Å². The molecule has 2 atom stereocenters. The third-order valence-electron chi connectivity index (χ3n) is 5.60. The Bertz CT molecular complexity index is 1170. The van der Waals surface area contributed by atoms with Crippen LogP contribution in [0, 0.1) is 0 Å². The predicted molar refractivity (Wildman–Crippen MR) is 118 cm³/mol. The van der Waals surface area contributed by atoms with E-state index in [4.69, 9.17) is 16.0 Å². The van der Waals surface area contributed by atoms with Crippen molar-refractivity contribution in [3.63, 3.8) is 0 Å². The molecule has 1 aliphatic rings. The van der Waals surface area contributed by atoms with Gasteiger partial charge in [0, 0.05) is 36.2 Å². The molecular weight excluding hydrogens is 459 g/mol. The monoisotopic (exact) mass is 479 g/mol. The summed E-state index contributed by atoms with van der Waals surface area (Å²) in [5.41, 5.74) is -0.428. The standard InChI is InChI=1S/C23H21ClF3N3O3/c1-13-11-29(21(31)20-9-15-5-3-4-6-19(15)33-20)12-14(2)30(13)22(32)28-16-7-8-18(24)17(10-16)23(25,26)27/h3-10,13-14H,11-12H2,1-2H3,(H,28,32). The van der Waals surface area contributed by atoms with E-state index in [-0.39, 0.29) is 42.5 Å². The van der Waals surface area contributed by atoms with Crippen LogP contribution in [0.25, 0.3) is 11.0 Å². The fraction of sp³-hybridized carbons (Fsp3) is 0.304. The smallest absolute Gasteiger partial charge is 0.417 e. The second-order valence-electron chi connectivity index (χ2n) is 8.09. The van der Waals surface area contributed by atoms with Gasteiger partial charge in [0.1, 0.15) is 5.58 Å². The fourth-order valence-corrected chi connectivity index (χ4v) is 4.37. The quantitative estimate of drug-likeness (QED) is 0.499. The first-order valence-corrected chi connectivity index (χ1v) is 10.7. The van der Waals surface area contributed by atoms with E-state index in [0.717, 1.165) is 17.5 Å². The van der Waals surface area contributed by atoms with Gasteiger partial charge in [-0.2, -0.15) is 13.2 Å². The average molecular weight is 480 g/mol. The highest BCUT2D eigenvalue weighted by atomic mass is 35.5. The number of anilines is 1. The van der Waals surface area contributed by atoms with Crippen LogP contribution in [0.1, 0.15) is 30.0 Å². The van der Waals surface area contributed by atoms with Crippen molar-refractivity contribution in [1.29, 1.82) is 0 Å². The van der Waals surface area contributed by atoms with Gasteiger partial charge in [0.15, 0.2) is 5.76 Å². The van der Waals surface area contributed by atoms with Gasteiger partial charge in [-0.3, -0.25) is 4.79 Å². The summed E-state index contributed by atoms with van der Waals surface area (Å²) in [5, 5.41) is 2.89. The maximum Gasteiger partial charge on any atom is 0.417 e. The van der Waals surface area contributed by atoms with Gasteiger partial charge in [-0.25, -0.2) is 4.79 Å². The summed E-state index contributed by atoms with van der Waals surface area (Å²) in [4.78, 5) is 29.0. The van der Waals surface area contributed by atoms with Gasteiger partial charge < -0.3 is 19.5 Å². The van der Waals surface area contributed by atoms with E-state index >= 15 is 0 Å². The highest BCUT2D eigenvalue weighted by molar-refractivity contribution is 6.31. The zero-order valence-corrected chi connectivity index (χ0v) is 18.6. The van der Waals surface area contributed by atoms with E-state index in [1.807, 2.05) is 18.2 Å². The molecule has 0 saturated carbocycles. The highest BCUT2D eigenvalue weighted by Gasteiger charge is 2.37. The first-order valence-electron chi connectivity index (χ1n) is 10.3. The zero-order chi connectivity index (χ0) is 23.9. The minimum Gasteiger partial charge on any atom is -0.451 e. The van der Waals surface area contributed by atoms with Crippen LogP contribution in [-0.4, -0.2) is 46.9 Å². The van der Waals surface area contributed by atoms with E-state index in [9.17, 15) is 22.8 Å². The number of furan rings is 1. The molecule has 0 bridgehead atoms. The number of fused-ring (bicyclic) bond motifs is 1. The Labute approximate surface area is 192 Å². The number of rotatable bonds is 2. The van der Waals surface area contributed by atoms with Crippen molar-refractivity contribution < 1.29 is 27.2 Å². The Hall–Kier alpha value is -3.20. The predicted octanol–water partition coefficient (Wildman–Crippen LogP) is 5.87. The van der Waals surface area contributed by atoms with Crippen molar-refractivity contribution in [3.8, 4) is 0 Å². The van der Waals surface area contributed by atoms with Crippen LogP contribution < -0.4 is 5.32 Å². The Morgan fingerprint density at radius 2 is 1.73 bits per heavy atom. The fourth-order valence-electron chi connectivity index (χ4n) is 4.14. The molecule has 1 N–H and O–H groups in total. The summed E-state index contributed by atoms with van der Waals surface area (Å²) >= 11 is 5.65. The Kier molecular flexibility index (Phi) is 6.00. The molecule has 10 heteroatoms. The van der Waals surface area contributed by atoms with Crippen molar-refractivity contribution in [2.75, 3.05) is 18.4 Å². The highest BCUT2D eigenvalue weighted by Crippen LogP contribution is 2.36. The van der Waals surface area contributed by atoms with Gasteiger partial charge in [-0.15, -0.1) is 0 Å². The van der Waals surface area contributed by atoms with E-state index in [2.05, 4.69) is 5.32 Å². The zero-order valence-electron chi connectivity index (χ0n) is 17.8. The summed E-state index contributed by atoms with van der Waals surface area (Å²) in [6, 6.07) is 10.9. The van der Waals surface area contributed by atoms with Gasteiger partial charge in [0.25, 0.3) is 5.91 Å². The van der Waals surface area contributed by atoms with Gasteiger partial charge in [0.2, 0.25) is 0 Å². The Balaban J connectivity index is 1.47. The summed E-state index contributed by atoms with van der Waals surface area (Å²) < 4.78 is 45.0. The molecule has 0 spiro atoms. The number of carbonyl (C=O) groups is 2. The van der Waals surface area contributed by atoms with Crippen LogP contribution in [0.15, 0.2) is 52.9 Å². The van der Waals surface area contributed by atoms with E-state index in [0.29, 0.717) is 5.58 Å². The Morgan fingerprint density at radius 1 is 1.06 bits per heavy atom. The van der Waals surface area contributed by atoms with Gasteiger partial charge >= 0.3 is 12.2 Å². The first kappa shape index (κ1) is 23.0. The van der Waals surface area contributed by atoms with Gasteiger partial charge in [-0.05, 0) is 44.2 Å². The van der Waals surface area contributed by atoms with Gasteiger partial charge in [0.05, 0.1) is 10.6 Å². The van der Waals surface area contributed by atoms with Crippen molar-refractivity contribution in [3.05, 3.63) is 64.9 Å². The number of hydrogen-bond donors (Lipinski definition) is 1. The topological polar surface area (TPSA) is 65.8 Å². The van der Waals surface area contributed by atoms with Crippen LogP contribution in [0.5, 0.6) is 0 Å². The summed E-state index contributed by atoms with van der Waals surface area (Å²) in [6.45, 7) is 4.05. The third-order valence-corrected chi connectivity index (χ3v) is 5.93. The molecule has 2 aromatic carbocycles. The van der Waals surface area contributed by atoms with Crippen molar-refractivity contribution in [2.45, 2.75) is 32.1 Å². The number of hydrogen-bond acceptors (Lipinski definition) is 3. The molecule has 6 nitrogen and oxygen atoms in total. The lowest BCUT2D eigenvalue weighted by atomic mass is 10.1. The normalized spacial score (nSPS) is 19.1. The molecule has 0 radical (unpaired) electrons. The molecular formula is C23H21ClF3N3O3. The maximum atomic E-state index is 13.1. The largest absolute Gasteiger partial charge is 0.451 e. The molecule has 1 fully saturated rings. The summed E-state index contributed by atoms with van der Waals surface area (Å²) in [5.74, 6) is -0.0631. The molecule has 3 amide bonds. The number of carbonyl (C=O) groups excluding carboxylic acids is 2. The number of alkyl halides is 3.